The second-order valence-electron chi connectivity index (χ2n) is 4.57. The Morgan fingerprint density at radius 1 is 1.10 bits per heavy atom. The highest BCUT2D eigenvalue weighted by atomic mass is 16.5. The average molecular weight is 278 g/mol. The second kappa shape index (κ2) is 10.0. The highest BCUT2D eigenvalue weighted by Gasteiger charge is 1.96. The molecule has 0 aliphatic heterocycles. The second-order valence-corrected chi connectivity index (χ2v) is 4.57. The van der Waals surface area contributed by atoms with E-state index in [1.54, 1.807) is 6.08 Å². The predicted molar refractivity (Wildman–Crippen MR) is 78.0 cm³/mol. The summed E-state index contributed by atoms with van der Waals surface area (Å²) in [6.45, 7) is 0.947. The Labute approximate surface area is 119 Å². The van der Waals surface area contributed by atoms with Crippen LogP contribution < -0.4 is 4.74 Å². The topological polar surface area (TPSA) is 66.8 Å². The highest BCUT2D eigenvalue weighted by molar-refractivity contribution is 5.79. The molecule has 0 saturated carbocycles. The van der Waals surface area contributed by atoms with Crippen LogP contribution in [0.5, 0.6) is 5.75 Å². The maximum absolute atomic E-state index is 10.3. The van der Waals surface area contributed by atoms with Crippen molar-refractivity contribution in [2.45, 2.75) is 32.1 Å². The number of benzene rings is 1. The lowest BCUT2D eigenvalue weighted by atomic mass is 10.1. The van der Waals surface area contributed by atoms with E-state index in [4.69, 9.17) is 14.9 Å². The van der Waals surface area contributed by atoms with Crippen LogP contribution in [0.3, 0.4) is 0 Å². The molecule has 0 saturated heterocycles. The van der Waals surface area contributed by atoms with Gasteiger partial charge in [-0.3, -0.25) is 0 Å². The first kappa shape index (κ1) is 16.2. The summed E-state index contributed by atoms with van der Waals surface area (Å²) in [6, 6.07) is 7.68. The molecule has 0 unspecified atom stereocenters. The van der Waals surface area contributed by atoms with Crippen molar-refractivity contribution in [1.29, 1.82) is 0 Å². The SMILES string of the molecule is O=C(O)/C=C/Cc1ccc(OCCCCCCO)cc1. The van der Waals surface area contributed by atoms with Crippen LogP contribution in [0.1, 0.15) is 31.2 Å². The van der Waals surface area contributed by atoms with Crippen LogP contribution in [0.2, 0.25) is 0 Å². The van der Waals surface area contributed by atoms with E-state index in [0.29, 0.717) is 13.0 Å². The summed E-state index contributed by atoms with van der Waals surface area (Å²) in [6.07, 6.45) is 7.33. The first-order valence-electron chi connectivity index (χ1n) is 6.94. The number of carbonyl (C=O) groups is 1. The first-order chi connectivity index (χ1) is 9.72. The molecule has 0 aliphatic rings. The van der Waals surface area contributed by atoms with E-state index in [9.17, 15) is 4.79 Å². The molecule has 2 N–H and O–H groups in total. The van der Waals surface area contributed by atoms with Gasteiger partial charge in [0.25, 0.3) is 0 Å². The Morgan fingerprint density at radius 3 is 2.45 bits per heavy atom. The number of hydrogen-bond donors (Lipinski definition) is 2. The van der Waals surface area contributed by atoms with Gasteiger partial charge in [-0.2, -0.15) is 0 Å². The zero-order valence-electron chi connectivity index (χ0n) is 11.6. The van der Waals surface area contributed by atoms with Gasteiger partial charge in [0.1, 0.15) is 5.75 Å². The van der Waals surface area contributed by atoms with Gasteiger partial charge < -0.3 is 14.9 Å². The van der Waals surface area contributed by atoms with Crippen LogP contribution in [0.4, 0.5) is 0 Å². The summed E-state index contributed by atoms with van der Waals surface area (Å²) in [5, 5.41) is 17.1. The van der Waals surface area contributed by atoms with E-state index in [-0.39, 0.29) is 6.61 Å². The first-order valence-corrected chi connectivity index (χ1v) is 6.94. The van der Waals surface area contributed by atoms with Crippen molar-refractivity contribution >= 4 is 5.97 Å². The zero-order chi connectivity index (χ0) is 14.6. The van der Waals surface area contributed by atoms with Gasteiger partial charge in [0.2, 0.25) is 0 Å². The number of ether oxygens (including phenoxy) is 1. The standard InChI is InChI=1S/C16H22O4/c17-12-3-1-2-4-13-20-15-10-8-14(9-11-15)6-5-7-16(18)19/h5,7-11,17H,1-4,6,12-13H2,(H,18,19)/b7-5+. The molecule has 0 amide bonds. The monoisotopic (exact) mass is 278 g/mol. The van der Waals surface area contributed by atoms with Gasteiger partial charge in [-0.25, -0.2) is 4.79 Å². The smallest absolute Gasteiger partial charge is 0.327 e. The summed E-state index contributed by atoms with van der Waals surface area (Å²) >= 11 is 0. The number of allylic oxidation sites excluding steroid dienone is 1. The molecule has 0 atom stereocenters. The Bertz CT molecular complexity index is 409. The molecule has 0 aliphatic carbocycles. The quantitative estimate of drug-likeness (QED) is 0.510. The van der Waals surface area contributed by atoms with Crippen LogP contribution in [-0.4, -0.2) is 29.4 Å². The molecular weight excluding hydrogens is 256 g/mol. The average Bonchev–Trinajstić information content (AvgIpc) is 2.44. The largest absolute Gasteiger partial charge is 0.494 e. The van der Waals surface area contributed by atoms with Crippen LogP contribution in [0.15, 0.2) is 36.4 Å². The number of aliphatic hydroxyl groups excluding tert-OH is 1. The summed E-state index contributed by atoms with van der Waals surface area (Å²) in [5.74, 6) is -0.0933. The summed E-state index contributed by atoms with van der Waals surface area (Å²) < 4.78 is 5.61. The van der Waals surface area contributed by atoms with Crippen molar-refractivity contribution < 1.29 is 19.7 Å². The van der Waals surface area contributed by atoms with Gasteiger partial charge in [0.05, 0.1) is 6.61 Å². The fourth-order valence-corrected chi connectivity index (χ4v) is 1.78. The van der Waals surface area contributed by atoms with Crippen molar-refractivity contribution in [3.8, 4) is 5.75 Å². The molecule has 0 spiro atoms. The van der Waals surface area contributed by atoms with Crippen molar-refractivity contribution in [3.05, 3.63) is 42.0 Å². The van der Waals surface area contributed by atoms with Gasteiger partial charge in [0, 0.05) is 12.7 Å². The molecule has 20 heavy (non-hydrogen) atoms. The number of carboxylic acids is 1. The summed E-state index contributed by atoms with van der Waals surface area (Å²) in [5.41, 5.74) is 1.05. The Kier molecular flexibility index (Phi) is 8.15. The lowest BCUT2D eigenvalue weighted by Crippen LogP contribution is -1.97. The third-order valence-corrected chi connectivity index (χ3v) is 2.86. The molecule has 0 bridgehead atoms. The normalized spacial score (nSPS) is 10.8. The van der Waals surface area contributed by atoms with E-state index in [1.807, 2.05) is 24.3 Å². The number of unbranched alkanes of at least 4 members (excludes halogenated alkanes) is 3. The molecule has 1 rings (SSSR count). The van der Waals surface area contributed by atoms with E-state index >= 15 is 0 Å². The number of carboxylic acid groups (broad SMARTS) is 1. The van der Waals surface area contributed by atoms with Gasteiger partial charge in [-0.05, 0) is 43.4 Å². The Balaban J connectivity index is 2.23. The van der Waals surface area contributed by atoms with Gasteiger partial charge in [0.15, 0.2) is 0 Å². The molecule has 4 nitrogen and oxygen atoms in total. The van der Waals surface area contributed by atoms with Crippen LogP contribution >= 0.6 is 0 Å². The molecule has 110 valence electrons. The van der Waals surface area contributed by atoms with Gasteiger partial charge >= 0.3 is 5.97 Å². The number of rotatable bonds is 10. The Hall–Kier alpha value is -1.81. The fraction of sp³-hybridized carbons (Fsp3) is 0.438. The lowest BCUT2D eigenvalue weighted by molar-refractivity contribution is -0.131. The highest BCUT2D eigenvalue weighted by Crippen LogP contribution is 2.13. The van der Waals surface area contributed by atoms with Crippen LogP contribution in [0.25, 0.3) is 0 Å². The Morgan fingerprint density at radius 2 is 1.80 bits per heavy atom. The third-order valence-electron chi connectivity index (χ3n) is 2.86. The lowest BCUT2D eigenvalue weighted by Gasteiger charge is -2.06. The van der Waals surface area contributed by atoms with E-state index in [1.165, 1.54) is 0 Å². The zero-order valence-corrected chi connectivity index (χ0v) is 11.6. The minimum atomic E-state index is -0.925. The molecule has 1 aromatic rings. The van der Waals surface area contributed by atoms with Crippen LogP contribution in [0, 0.1) is 0 Å². The van der Waals surface area contributed by atoms with Crippen molar-refractivity contribution in [2.75, 3.05) is 13.2 Å². The predicted octanol–water partition coefficient (Wildman–Crippen LogP) is 2.80. The molecule has 0 radical (unpaired) electrons. The molecule has 0 fully saturated rings. The maximum Gasteiger partial charge on any atom is 0.327 e. The fourth-order valence-electron chi connectivity index (χ4n) is 1.78. The van der Waals surface area contributed by atoms with Crippen molar-refractivity contribution in [2.24, 2.45) is 0 Å². The van der Waals surface area contributed by atoms with E-state index in [2.05, 4.69) is 0 Å². The summed E-state index contributed by atoms with van der Waals surface area (Å²) in [7, 11) is 0. The third kappa shape index (κ3) is 7.59. The van der Waals surface area contributed by atoms with E-state index in [0.717, 1.165) is 43.1 Å². The number of aliphatic hydroxyl groups is 1. The van der Waals surface area contributed by atoms with Crippen LogP contribution in [-0.2, 0) is 11.2 Å². The molecular formula is C16H22O4. The van der Waals surface area contributed by atoms with Gasteiger partial charge in [-0.15, -0.1) is 0 Å². The number of aliphatic carboxylic acids is 1. The minimum Gasteiger partial charge on any atom is -0.494 e. The van der Waals surface area contributed by atoms with Gasteiger partial charge in [-0.1, -0.05) is 24.6 Å². The van der Waals surface area contributed by atoms with Crippen molar-refractivity contribution in [3.63, 3.8) is 0 Å². The van der Waals surface area contributed by atoms with E-state index < -0.39 is 5.97 Å². The number of hydrogen-bond acceptors (Lipinski definition) is 3. The molecule has 0 aromatic heterocycles. The minimum absolute atomic E-state index is 0.263. The summed E-state index contributed by atoms with van der Waals surface area (Å²) in [4.78, 5) is 10.3. The molecule has 4 heteroatoms. The maximum atomic E-state index is 10.3. The van der Waals surface area contributed by atoms with Crippen molar-refractivity contribution in [1.82, 2.24) is 0 Å². The molecule has 1 aromatic carbocycles. The molecule has 0 heterocycles.